The van der Waals surface area contributed by atoms with Gasteiger partial charge in [0.1, 0.15) is 17.4 Å². The maximum Gasteiger partial charge on any atom is 0.134 e. The van der Waals surface area contributed by atoms with Crippen LogP contribution < -0.4 is 4.74 Å². The molecule has 30 heavy (non-hydrogen) atoms. The van der Waals surface area contributed by atoms with Gasteiger partial charge in [0.2, 0.25) is 0 Å². The molecular weight excluding hydrogens is 378 g/mol. The standard InChI is InChI=1S/C27H34F2O/c1-3-4-5-18-6-7-21-15-22(9-8-20(21)14-18)23-16-25(28)27(26(29)17-23)19-10-12-24(30-2)13-11-19/h10-13,16-18,20-22H,3-9,14-15H2,1-2H3. The number of ether oxygens (including phenoxy) is 1. The fraction of sp³-hybridized carbons (Fsp3) is 0.556. The SMILES string of the molecule is CCCCC1CCC2CC(c3cc(F)c(-c4ccc(OC)cc4)c(F)c3)CCC2C1. The van der Waals surface area contributed by atoms with Crippen molar-refractivity contribution in [3.05, 3.63) is 53.6 Å². The Bertz CT molecular complexity index is 821. The molecule has 0 radical (unpaired) electrons. The molecule has 4 rings (SSSR count). The fourth-order valence-electron chi connectivity index (χ4n) is 5.91. The van der Waals surface area contributed by atoms with E-state index in [1.807, 2.05) is 0 Å². The van der Waals surface area contributed by atoms with Crippen molar-refractivity contribution in [2.75, 3.05) is 7.11 Å². The summed E-state index contributed by atoms with van der Waals surface area (Å²) in [6.45, 7) is 2.27. The Morgan fingerprint density at radius 3 is 2.23 bits per heavy atom. The average Bonchev–Trinajstić information content (AvgIpc) is 2.77. The molecule has 0 spiro atoms. The second kappa shape index (κ2) is 9.49. The third-order valence-corrected chi connectivity index (χ3v) is 7.60. The van der Waals surface area contributed by atoms with Gasteiger partial charge in [-0.25, -0.2) is 8.78 Å². The summed E-state index contributed by atoms with van der Waals surface area (Å²) in [5.41, 5.74) is 1.45. The average molecular weight is 413 g/mol. The van der Waals surface area contributed by atoms with E-state index in [-0.39, 0.29) is 11.5 Å². The third kappa shape index (κ3) is 4.55. The molecule has 0 amide bonds. The van der Waals surface area contributed by atoms with Crippen LogP contribution >= 0.6 is 0 Å². The molecule has 2 fully saturated rings. The zero-order valence-electron chi connectivity index (χ0n) is 18.3. The van der Waals surface area contributed by atoms with Gasteiger partial charge in [0.05, 0.1) is 12.7 Å². The molecular formula is C27H34F2O. The molecule has 4 unspecified atom stereocenters. The van der Waals surface area contributed by atoms with Crippen LogP contribution in [0.3, 0.4) is 0 Å². The highest BCUT2D eigenvalue weighted by Gasteiger charge is 2.36. The van der Waals surface area contributed by atoms with Crippen LogP contribution in [0.5, 0.6) is 5.75 Å². The van der Waals surface area contributed by atoms with Crippen molar-refractivity contribution in [2.24, 2.45) is 17.8 Å². The molecule has 0 aliphatic heterocycles. The van der Waals surface area contributed by atoms with E-state index < -0.39 is 11.6 Å². The van der Waals surface area contributed by atoms with Crippen LogP contribution in [-0.4, -0.2) is 7.11 Å². The molecule has 2 aliphatic carbocycles. The van der Waals surface area contributed by atoms with Crippen molar-refractivity contribution < 1.29 is 13.5 Å². The maximum absolute atomic E-state index is 15.0. The topological polar surface area (TPSA) is 9.23 Å². The summed E-state index contributed by atoms with van der Waals surface area (Å²) in [7, 11) is 1.58. The minimum atomic E-state index is -0.458. The zero-order valence-corrected chi connectivity index (χ0v) is 18.3. The highest BCUT2D eigenvalue weighted by Crippen LogP contribution is 2.48. The van der Waals surface area contributed by atoms with Gasteiger partial charge >= 0.3 is 0 Å². The molecule has 0 saturated heterocycles. The van der Waals surface area contributed by atoms with E-state index >= 15 is 0 Å². The Morgan fingerprint density at radius 2 is 1.57 bits per heavy atom. The molecule has 0 bridgehead atoms. The molecule has 0 aromatic heterocycles. The number of fused-ring (bicyclic) bond motifs is 1. The van der Waals surface area contributed by atoms with Crippen LogP contribution in [0.4, 0.5) is 8.78 Å². The summed E-state index contributed by atoms with van der Waals surface area (Å²) in [6.07, 6.45) is 11.4. The summed E-state index contributed by atoms with van der Waals surface area (Å²) in [4.78, 5) is 0. The number of hydrogen-bond donors (Lipinski definition) is 0. The summed E-state index contributed by atoms with van der Waals surface area (Å²) in [6, 6.07) is 10.1. The molecule has 4 atom stereocenters. The first-order valence-electron chi connectivity index (χ1n) is 11.7. The summed E-state index contributed by atoms with van der Waals surface area (Å²) in [5.74, 6) is 2.51. The van der Waals surface area contributed by atoms with Crippen LogP contribution in [0.15, 0.2) is 36.4 Å². The van der Waals surface area contributed by atoms with E-state index in [0.29, 0.717) is 11.3 Å². The number of benzene rings is 2. The van der Waals surface area contributed by atoms with Gasteiger partial charge in [0.15, 0.2) is 0 Å². The van der Waals surface area contributed by atoms with E-state index in [0.717, 1.165) is 36.2 Å². The van der Waals surface area contributed by atoms with Crippen molar-refractivity contribution in [1.29, 1.82) is 0 Å². The van der Waals surface area contributed by atoms with Gasteiger partial charge in [-0.1, -0.05) is 44.7 Å². The molecule has 0 N–H and O–H groups in total. The molecule has 0 heterocycles. The van der Waals surface area contributed by atoms with E-state index in [9.17, 15) is 8.78 Å². The normalized spacial score (nSPS) is 26.3. The minimum Gasteiger partial charge on any atom is -0.497 e. The number of hydrogen-bond acceptors (Lipinski definition) is 1. The quantitative estimate of drug-likeness (QED) is 0.465. The Kier molecular flexibility index (Phi) is 6.75. The highest BCUT2D eigenvalue weighted by atomic mass is 19.1. The van der Waals surface area contributed by atoms with Gasteiger partial charge in [0, 0.05) is 0 Å². The first-order valence-corrected chi connectivity index (χ1v) is 11.7. The van der Waals surface area contributed by atoms with Gasteiger partial charge in [-0.2, -0.15) is 0 Å². The van der Waals surface area contributed by atoms with E-state index in [1.165, 1.54) is 44.9 Å². The number of rotatable bonds is 6. The number of unbranched alkanes of at least 4 members (excludes halogenated alkanes) is 1. The highest BCUT2D eigenvalue weighted by molar-refractivity contribution is 5.66. The van der Waals surface area contributed by atoms with Crippen molar-refractivity contribution in [1.82, 2.24) is 0 Å². The Balaban J connectivity index is 1.46. The summed E-state index contributed by atoms with van der Waals surface area (Å²) in [5, 5.41) is 0. The van der Waals surface area contributed by atoms with Crippen molar-refractivity contribution in [3.63, 3.8) is 0 Å². The minimum absolute atomic E-state index is 0.0616. The van der Waals surface area contributed by atoms with E-state index in [2.05, 4.69) is 6.92 Å². The first kappa shape index (κ1) is 21.3. The van der Waals surface area contributed by atoms with Gasteiger partial charge < -0.3 is 4.74 Å². The van der Waals surface area contributed by atoms with Gasteiger partial charge in [-0.15, -0.1) is 0 Å². The first-order chi connectivity index (χ1) is 14.6. The lowest BCUT2D eigenvalue weighted by Crippen LogP contribution is -2.30. The predicted octanol–water partition coefficient (Wildman–Crippen LogP) is 8.13. The van der Waals surface area contributed by atoms with Crippen molar-refractivity contribution in [2.45, 2.75) is 70.6 Å². The van der Waals surface area contributed by atoms with E-state index in [4.69, 9.17) is 4.74 Å². The molecule has 3 heteroatoms. The smallest absolute Gasteiger partial charge is 0.134 e. The molecule has 1 nitrogen and oxygen atoms in total. The van der Waals surface area contributed by atoms with Crippen LogP contribution in [0, 0.1) is 29.4 Å². The predicted molar refractivity (Wildman–Crippen MR) is 119 cm³/mol. The van der Waals surface area contributed by atoms with E-state index in [1.54, 1.807) is 43.5 Å². The number of methoxy groups -OCH3 is 1. The summed E-state index contributed by atoms with van der Waals surface area (Å²) < 4.78 is 35.1. The molecule has 2 aromatic carbocycles. The second-order valence-electron chi connectivity index (χ2n) is 9.44. The number of halogens is 2. The van der Waals surface area contributed by atoms with Crippen LogP contribution in [0.2, 0.25) is 0 Å². The Labute approximate surface area is 179 Å². The van der Waals surface area contributed by atoms with Gasteiger partial charge in [-0.05, 0) is 91.2 Å². The molecule has 2 aliphatic rings. The Morgan fingerprint density at radius 1 is 0.900 bits per heavy atom. The largest absolute Gasteiger partial charge is 0.497 e. The Hall–Kier alpha value is -1.90. The maximum atomic E-state index is 15.0. The lowest BCUT2D eigenvalue weighted by Gasteiger charge is -2.42. The molecule has 162 valence electrons. The monoisotopic (exact) mass is 412 g/mol. The van der Waals surface area contributed by atoms with Gasteiger partial charge in [0.25, 0.3) is 0 Å². The fourth-order valence-corrected chi connectivity index (χ4v) is 5.91. The second-order valence-corrected chi connectivity index (χ2v) is 9.44. The van der Waals surface area contributed by atoms with Crippen LogP contribution in [0.1, 0.15) is 76.2 Å². The molecule has 2 aromatic rings. The summed E-state index contributed by atoms with van der Waals surface area (Å²) >= 11 is 0. The van der Waals surface area contributed by atoms with Crippen molar-refractivity contribution in [3.8, 4) is 16.9 Å². The van der Waals surface area contributed by atoms with Crippen molar-refractivity contribution >= 4 is 0 Å². The lowest BCUT2D eigenvalue weighted by molar-refractivity contribution is 0.113. The third-order valence-electron chi connectivity index (χ3n) is 7.60. The van der Waals surface area contributed by atoms with Crippen LogP contribution in [-0.2, 0) is 0 Å². The van der Waals surface area contributed by atoms with Gasteiger partial charge in [-0.3, -0.25) is 0 Å². The zero-order chi connectivity index (χ0) is 21.1. The lowest BCUT2D eigenvalue weighted by atomic mass is 9.63. The van der Waals surface area contributed by atoms with Crippen LogP contribution in [0.25, 0.3) is 11.1 Å². The molecule has 2 saturated carbocycles.